The van der Waals surface area contributed by atoms with Crippen molar-refractivity contribution in [2.45, 2.75) is 13.2 Å². The molecule has 0 amide bonds. The largest absolute Gasteiger partial charge is 0.493 e. The van der Waals surface area contributed by atoms with Crippen molar-refractivity contribution in [2.24, 2.45) is 0 Å². The van der Waals surface area contributed by atoms with E-state index in [0.717, 1.165) is 67.3 Å². The Hall–Kier alpha value is -1.60. The van der Waals surface area contributed by atoms with Crippen molar-refractivity contribution in [3.05, 3.63) is 58.1 Å². The van der Waals surface area contributed by atoms with E-state index >= 15 is 0 Å². The quantitative estimate of drug-likeness (QED) is 0.595. The minimum absolute atomic E-state index is 0.512. The Bertz CT molecular complexity index is 706. The van der Waals surface area contributed by atoms with Crippen LogP contribution in [0.1, 0.15) is 11.1 Å². The molecule has 0 aromatic heterocycles. The number of ether oxygens (including phenoxy) is 2. The number of nitrogens with zero attached hydrogens (tertiary/aromatic N) is 1. The number of nitrogens with one attached hydrogen (secondary N) is 2. The fourth-order valence-electron chi connectivity index (χ4n) is 3.15. The summed E-state index contributed by atoms with van der Waals surface area (Å²) in [6.45, 7) is 7.83. The third-order valence-corrected chi connectivity index (χ3v) is 5.25. The first kappa shape index (κ1) is 20.1. The van der Waals surface area contributed by atoms with Gasteiger partial charge in [-0.1, -0.05) is 30.3 Å². The van der Waals surface area contributed by atoms with Crippen molar-refractivity contribution < 1.29 is 9.47 Å². The van der Waals surface area contributed by atoms with Crippen LogP contribution in [0.15, 0.2) is 46.9 Å². The highest BCUT2D eigenvalue weighted by Gasteiger charge is 2.13. The number of hydrogen-bond acceptors (Lipinski definition) is 5. The lowest BCUT2D eigenvalue weighted by atomic mass is 10.2. The highest BCUT2D eigenvalue weighted by molar-refractivity contribution is 9.10. The highest BCUT2D eigenvalue weighted by atomic mass is 79.9. The Morgan fingerprint density at radius 1 is 1.11 bits per heavy atom. The van der Waals surface area contributed by atoms with E-state index in [2.05, 4.69) is 49.7 Å². The van der Waals surface area contributed by atoms with Crippen LogP contribution in [-0.4, -0.2) is 51.3 Å². The lowest BCUT2D eigenvalue weighted by Gasteiger charge is -2.27. The van der Waals surface area contributed by atoms with Gasteiger partial charge in [-0.05, 0) is 39.2 Å². The van der Waals surface area contributed by atoms with Crippen molar-refractivity contribution in [1.29, 1.82) is 0 Å². The molecule has 1 saturated heterocycles. The third kappa shape index (κ3) is 6.21. The fourth-order valence-corrected chi connectivity index (χ4v) is 3.75. The van der Waals surface area contributed by atoms with E-state index in [1.54, 1.807) is 7.11 Å². The van der Waals surface area contributed by atoms with Gasteiger partial charge in [0.25, 0.3) is 0 Å². The topological polar surface area (TPSA) is 45.8 Å². The molecule has 0 bridgehead atoms. The maximum Gasteiger partial charge on any atom is 0.175 e. The van der Waals surface area contributed by atoms with Crippen LogP contribution in [0.3, 0.4) is 0 Å². The molecule has 6 heteroatoms. The first-order valence-electron chi connectivity index (χ1n) is 9.43. The summed E-state index contributed by atoms with van der Waals surface area (Å²) in [5.74, 6) is 1.49. The molecule has 0 radical (unpaired) electrons. The normalized spacial score (nSPS) is 14.9. The van der Waals surface area contributed by atoms with E-state index in [0.29, 0.717) is 6.61 Å². The number of hydrogen-bond donors (Lipinski definition) is 2. The number of methoxy groups -OCH3 is 1. The summed E-state index contributed by atoms with van der Waals surface area (Å²) in [5.41, 5.74) is 2.30. The minimum Gasteiger partial charge on any atom is -0.493 e. The first-order chi connectivity index (χ1) is 13.3. The minimum atomic E-state index is 0.512. The first-order valence-corrected chi connectivity index (χ1v) is 10.2. The molecule has 1 aliphatic rings. The number of benzene rings is 2. The Labute approximate surface area is 170 Å². The Kier molecular flexibility index (Phi) is 7.95. The molecule has 0 aliphatic carbocycles. The van der Waals surface area contributed by atoms with Gasteiger partial charge in [0.15, 0.2) is 11.5 Å². The van der Waals surface area contributed by atoms with Crippen molar-refractivity contribution >= 4 is 15.9 Å². The van der Waals surface area contributed by atoms with Gasteiger partial charge in [0.2, 0.25) is 0 Å². The molecule has 0 atom stereocenters. The average molecular weight is 434 g/mol. The molecule has 0 spiro atoms. The molecular weight excluding hydrogens is 406 g/mol. The summed E-state index contributed by atoms with van der Waals surface area (Å²) < 4.78 is 12.5. The van der Waals surface area contributed by atoms with Crippen LogP contribution in [0.5, 0.6) is 11.5 Å². The molecule has 0 unspecified atom stereocenters. The Morgan fingerprint density at radius 3 is 2.63 bits per heavy atom. The van der Waals surface area contributed by atoms with Crippen LogP contribution >= 0.6 is 15.9 Å². The van der Waals surface area contributed by atoms with E-state index in [1.807, 2.05) is 24.3 Å². The van der Waals surface area contributed by atoms with Gasteiger partial charge in [-0.15, -0.1) is 0 Å². The third-order valence-electron chi connectivity index (χ3n) is 4.66. The second kappa shape index (κ2) is 10.7. The maximum atomic E-state index is 6.00. The molecule has 146 valence electrons. The van der Waals surface area contributed by atoms with Crippen molar-refractivity contribution in [3.63, 3.8) is 0 Å². The summed E-state index contributed by atoms with van der Waals surface area (Å²) in [5, 5.41) is 6.91. The van der Waals surface area contributed by atoms with Crippen LogP contribution in [0.2, 0.25) is 0 Å². The molecule has 2 N–H and O–H groups in total. The van der Waals surface area contributed by atoms with Gasteiger partial charge >= 0.3 is 0 Å². The Morgan fingerprint density at radius 2 is 1.89 bits per heavy atom. The predicted octanol–water partition coefficient (Wildman–Crippen LogP) is 3.03. The highest BCUT2D eigenvalue weighted by Crippen LogP contribution is 2.37. The molecule has 1 aliphatic heterocycles. The molecule has 27 heavy (non-hydrogen) atoms. The van der Waals surface area contributed by atoms with Crippen LogP contribution in [-0.2, 0) is 13.2 Å². The van der Waals surface area contributed by atoms with Crippen molar-refractivity contribution in [2.75, 3.05) is 46.4 Å². The zero-order valence-electron chi connectivity index (χ0n) is 15.8. The van der Waals surface area contributed by atoms with E-state index < -0.39 is 0 Å². The lowest BCUT2D eigenvalue weighted by Crippen LogP contribution is -2.45. The van der Waals surface area contributed by atoms with Crippen LogP contribution in [0.25, 0.3) is 0 Å². The zero-order chi connectivity index (χ0) is 18.9. The Balaban J connectivity index is 1.53. The molecule has 5 nitrogen and oxygen atoms in total. The smallest absolute Gasteiger partial charge is 0.175 e. The van der Waals surface area contributed by atoms with Crippen molar-refractivity contribution in [1.82, 2.24) is 15.5 Å². The average Bonchev–Trinajstić information content (AvgIpc) is 2.71. The summed E-state index contributed by atoms with van der Waals surface area (Å²) in [6.07, 6.45) is 0. The van der Waals surface area contributed by atoms with Crippen LogP contribution < -0.4 is 20.1 Å². The summed E-state index contributed by atoms with van der Waals surface area (Å²) in [6, 6.07) is 14.3. The van der Waals surface area contributed by atoms with Gasteiger partial charge in [-0.25, -0.2) is 0 Å². The number of piperazine rings is 1. The SMILES string of the molecule is COc1cc(CNCCN2CCNCC2)cc(Br)c1OCc1ccccc1. The molecule has 0 saturated carbocycles. The second-order valence-electron chi connectivity index (χ2n) is 6.65. The van der Waals surface area contributed by atoms with Gasteiger partial charge in [0.1, 0.15) is 6.61 Å². The maximum absolute atomic E-state index is 6.00. The molecular formula is C21H28BrN3O2. The lowest BCUT2D eigenvalue weighted by molar-refractivity contribution is 0.241. The molecule has 1 heterocycles. The van der Waals surface area contributed by atoms with Gasteiger partial charge in [0, 0.05) is 45.8 Å². The predicted molar refractivity (Wildman–Crippen MR) is 112 cm³/mol. The standard InChI is InChI=1S/C21H28BrN3O2/c1-26-20-14-18(15-24-9-12-25-10-7-23-8-11-25)13-19(22)21(20)27-16-17-5-3-2-4-6-17/h2-6,13-14,23-24H,7-12,15-16H2,1H3. The van der Waals surface area contributed by atoms with Crippen LogP contribution in [0, 0.1) is 0 Å². The molecule has 2 aromatic rings. The molecule has 2 aromatic carbocycles. The van der Waals surface area contributed by atoms with E-state index in [1.165, 1.54) is 5.56 Å². The van der Waals surface area contributed by atoms with E-state index in [-0.39, 0.29) is 0 Å². The van der Waals surface area contributed by atoms with Gasteiger partial charge in [-0.2, -0.15) is 0 Å². The fraction of sp³-hybridized carbons (Fsp3) is 0.429. The monoisotopic (exact) mass is 433 g/mol. The van der Waals surface area contributed by atoms with Gasteiger partial charge < -0.3 is 20.1 Å². The summed E-state index contributed by atoms with van der Waals surface area (Å²) >= 11 is 3.64. The number of halogens is 1. The van der Waals surface area contributed by atoms with Gasteiger partial charge in [0.05, 0.1) is 11.6 Å². The number of rotatable bonds is 9. The van der Waals surface area contributed by atoms with Gasteiger partial charge in [-0.3, -0.25) is 4.90 Å². The van der Waals surface area contributed by atoms with Crippen LogP contribution in [0.4, 0.5) is 0 Å². The summed E-state index contributed by atoms with van der Waals surface area (Å²) in [4.78, 5) is 2.49. The second-order valence-corrected chi connectivity index (χ2v) is 7.51. The molecule has 1 fully saturated rings. The zero-order valence-corrected chi connectivity index (χ0v) is 17.4. The van der Waals surface area contributed by atoms with E-state index in [9.17, 15) is 0 Å². The van der Waals surface area contributed by atoms with E-state index in [4.69, 9.17) is 9.47 Å². The summed E-state index contributed by atoms with van der Waals surface area (Å²) in [7, 11) is 1.68. The molecule has 3 rings (SSSR count). The van der Waals surface area contributed by atoms with Crippen molar-refractivity contribution in [3.8, 4) is 11.5 Å².